The van der Waals surface area contributed by atoms with Crippen molar-refractivity contribution in [2.45, 2.75) is 96.3 Å². The van der Waals surface area contributed by atoms with Crippen LogP contribution in [-0.4, -0.2) is 39.6 Å². The van der Waals surface area contributed by atoms with Crippen molar-refractivity contribution in [1.82, 2.24) is 14.9 Å². The lowest BCUT2D eigenvalue weighted by atomic mass is 9.52. The van der Waals surface area contributed by atoms with Gasteiger partial charge >= 0.3 is 0 Å². The molecule has 0 saturated heterocycles. The van der Waals surface area contributed by atoms with Crippen LogP contribution >= 0.6 is 11.9 Å². The summed E-state index contributed by atoms with van der Waals surface area (Å²) in [4.78, 5) is 13.6. The number of nitrogens with two attached hydrogens (primary N) is 1. The molecule has 2 fully saturated rings. The number of benzene rings is 2. The molecule has 40 heavy (non-hydrogen) atoms. The largest absolute Gasteiger partial charge is 0.476 e. The van der Waals surface area contributed by atoms with Crippen LogP contribution in [0.15, 0.2) is 53.4 Å². The van der Waals surface area contributed by atoms with E-state index in [0.29, 0.717) is 35.9 Å². The first-order chi connectivity index (χ1) is 19.1. The van der Waals surface area contributed by atoms with Gasteiger partial charge in [-0.3, -0.25) is 9.62 Å². The fourth-order valence-electron chi connectivity index (χ4n) is 7.19. The summed E-state index contributed by atoms with van der Waals surface area (Å²) in [6.45, 7) is 12.8. The highest BCUT2D eigenvalue weighted by Crippen LogP contribution is 2.57. The molecule has 1 aromatic heterocycles. The molecular formula is C33H43N5OS. The van der Waals surface area contributed by atoms with Crippen molar-refractivity contribution in [2.75, 3.05) is 11.3 Å². The van der Waals surface area contributed by atoms with Crippen LogP contribution in [0.1, 0.15) is 69.6 Å². The van der Waals surface area contributed by atoms with Gasteiger partial charge < -0.3 is 10.5 Å². The summed E-state index contributed by atoms with van der Waals surface area (Å²) in [7, 11) is 0. The Kier molecular flexibility index (Phi) is 7.34. The summed E-state index contributed by atoms with van der Waals surface area (Å²) in [6, 6.07) is 18.5. The fourth-order valence-corrected chi connectivity index (χ4v) is 7.85. The van der Waals surface area contributed by atoms with Gasteiger partial charge in [0.15, 0.2) is 0 Å². The zero-order valence-electron chi connectivity index (χ0n) is 24.5. The molecule has 3 N–H and O–H groups in total. The lowest BCUT2D eigenvalue weighted by Crippen LogP contribution is -2.61. The average molecular weight is 558 g/mol. The van der Waals surface area contributed by atoms with E-state index >= 15 is 0 Å². The fraction of sp³-hybridized carbons (Fsp3) is 0.515. The first kappa shape index (κ1) is 27.6. The SMILES string of the molecule is Cc1cccc(C)c1-c1cc2nc(n1)NSc1cccc(c1)CN(C1CC3(CC(N)C3)C1)C(CC(C)(C)C)CO2. The summed E-state index contributed by atoms with van der Waals surface area (Å²) in [6.07, 6.45) is 5.89. The molecule has 2 saturated carbocycles. The van der Waals surface area contributed by atoms with Gasteiger partial charge in [-0.15, -0.1) is 0 Å². The maximum atomic E-state index is 6.62. The number of nitrogens with zero attached hydrogens (tertiary/aromatic N) is 3. The van der Waals surface area contributed by atoms with Gasteiger partial charge in [0.25, 0.3) is 0 Å². The van der Waals surface area contributed by atoms with Gasteiger partial charge in [0.05, 0.1) is 5.69 Å². The molecule has 3 aliphatic rings. The molecule has 1 spiro atoms. The maximum absolute atomic E-state index is 6.62. The molecule has 2 aliphatic carbocycles. The molecule has 1 aliphatic heterocycles. The van der Waals surface area contributed by atoms with Gasteiger partial charge in [-0.05, 0) is 97.6 Å². The van der Waals surface area contributed by atoms with Gasteiger partial charge in [0.1, 0.15) is 6.61 Å². The number of hydrogen-bond acceptors (Lipinski definition) is 7. The number of fused-ring (bicyclic) bond motifs is 4. The molecule has 6 rings (SSSR count). The van der Waals surface area contributed by atoms with Gasteiger partial charge in [0.2, 0.25) is 11.8 Å². The van der Waals surface area contributed by atoms with E-state index in [4.69, 9.17) is 20.4 Å². The molecule has 4 bridgehead atoms. The van der Waals surface area contributed by atoms with Crippen LogP contribution in [-0.2, 0) is 6.54 Å². The summed E-state index contributed by atoms with van der Waals surface area (Å²) >= 11 is 1.56. The first-order valence-corrected chi connectivity index (χ1v) is 15.5. The molecule has 2 aromatic carbocycles. The van der Waals surface area contributed by atoms with Gasteiger partial charge in [-0.1, -0.05) is 51.1 Å². The Bertz CT molecular complexity index is 1350. The predicted molar refractivity (Wildman–Crippen MR) is 164 cm³/mol. The van der Waals surface area contributed by atoms with E-state index in [1.165, 1.54) is 42.4 Å². The smallest absolute Gasteiger partial charge is 0.237 e. The molecular weight excluding hydrogens is 514 g/mol. The van der Waals surface area contributed by atoms with Crippen molar-refractivity contribution in [2.24, 2.45) is 16.6 Å². The van der Waals surface area contributed by atoms with E-state index in [1.807, 2.05) is 6.07 Å². The lowest BCUT2D eigenvalue weighted by molar-refractivity contribution is -0.0905. The van der Waals surface area contributed by atoms with Crippen LogP contribution in [0.4, 0.5) is 5.95 Å². The second-order valence-corrected chi connectivity index (χ2v) is 14.5. The van der Waals surface area contributed by atoms with Crippen LogP contribution < -0.4 is 15.2 Å². The zero-order chi connectivity index (χ0) is 28.1. The first-order valence-electron chi connectivity index (χ1n) is 14.7. The van der Waals surface area contributed by atoms with E-state index in [-0.39, 0.29) is 11.5 Å². The molecule has 1 atom stereocenters. The van der Waals surface area contributed by atoms with Crippen LogP contribution in [0.2, 0.25) is 0 Å². The molecule has 0 amide bonds. The highest BCUT2D eigenvalue weighted by atomic mass is 32.2. The van der Waals surface area contributed by atoms with Gasteiger partial charge in [0, 0.05) is 41.2 Å². The van der Waals surface area contributed by atoms with Crippen molar-refractivity contribution in [3.63, 3.8) is 0 Å². The van der Waals surface area contributed by atoms with Crippen LogP contribution in [0.3, 0.4) is 0 Å². The quantitative estimate of drug-likeness (QED) is 0.331. The third-order valence-electron chi connectivity index (χ3n) is 8.90. The van der Waals surface area contributed by atoms with Crippen molar-refractivity contribution in [1.29, 1.82) is 0 Å². The molecule has 0 radical (unpaired) electrons. The zero-order valence-corrected chi connectivity index (χ0v) is 25.4. The summed E-state index contributed by atoms with van der Waals surface area (Å²) < 4.78 is 10.0. The molecule has 1 unspecified atom stereocenters. The lowest BCUT2D eigenvalue weighted by Gasteiger charge is -2.60. The molecule has 212 valence electrons. The third kappa shape index (κ3) is 5.88. The second-order valence-electron chi connectivity index (χ2n) is 13.7. The monoisotopic (exact) mass is 557 g/mol. The summed E-state index contributed by atoms with van der Waals surface area (Å²) in [5, 5.41) is 0. The van der Waals surface area contributed by atoms with E-state index in [2.05, 4.69) is 86.7 Å². The summed E-state index contributed by atoms with van der Waals surface area (Å²) in [5.41, 5.74) is 12.6. The molecule has 7 heteroatoms. The Morgan fingerprint density at radius 1 is 1.02 bits per heavy atom. The Balaban J connectivity index is 1.37. The van der Waals surface area contributed by atoms with Crippen LogP contribution in [0.5, 0.6) is 5.88 Å². The van der Waals surface area contributed by atoms with Gasteiger partial charge in [-0.25, -0.2) is 4.98 Å². The van der Waals surface area contributed by atoms with Crippen molar-refractivity contribution < 1.29 is 4.74 Å². The summed E-state index contributed by atoms with van der Waals surface area (Å²) in [5.74, 6) is 1.19. The van der Waals surface area contributed by atoms with Gasteiger partial charge in [-0.2, -0.15) is 4.98 Å². The number of anilines is 1. The third-order valence-corrected chi connectivity index (χ3v) is 9.68. The normalized spacial score (nSPS) is 26.8. The molecule has 3 aromatic rings. The Morgan fingerprint density at radius 3 is 2.45 bits per heavy atom. The predicted octanol–water partition coefficient (Wildman–Crippen LogP) is 7.15. The number of nitrogens with one attached hydrogen (secondary N) is 1. The maximum Gasteiger partial charge on any atom is 0.237 e. The number of rotatable bonds is 3. The highest BCUT2D eigenvalue weighted by Gasteiger charge is 2.54. The van der Waals surface area contributed by atoms with Crippen molar-refractivity contribution >= 4 is 17.9 Å². The minimum atomic E-state index is 0.167. The van der Waals surface area contributed by atoms with E-state index in [1.54, 1.807) is 11.9 Å². The average Bonchev–Trinajstić information content (AvgIpc) is 2.85. The van der Waals surface area contributed by atoms with Crippen molar-refractivity contribution in [3.8, 4) is 17.1 Å². The molecule has 6 nitrogen and oxygen atoms in total. The standard InChI is InChI=1S/C33H43N5OS/c1-21-8-6-9-22(2)30(21)28-13-29-36-31(35-28)37-40-27-11-7-10-23(12-27)19-38(26(20-39-29)16-32(3,4)5)25-17-33(18-25)14-24(34)15-33/h6-13,24-26H,14-20,34H2,1-5H3,(H,35,36,37). The minimum Gasteiger partial charge on any atom is -0.476 e. The van der Waals surface area contributed by atoms with Crippen molar-refractivity contribution in [3.05, 3.63) is 65.2 Å². The highest BCUT2D eigenvalue weighted by molar-refractivity contribution is 8.00. The van der Waals surface area contributed by atoms with E-state index in [9.17, 15) is 0 Å². The minimum absolute atomic E-state index is 0.167. The number of ether oxygens (including phenoxy) is 1. The Labute approximate surface area is 243 Å². The number of hydrogen-bond donors (Lipinski definition) is 2. The Morgan fingerprint density at radius 2 is 1.75 bits per heavy atom. The second kappa shape index (κ2) is 10.7. The number of aryl methyl sites for hydroxylation is 2. The number of aromatic nitrogens is 2. The Hall–Kier alpha value is -2.61. The van der Waals surface area contributed by atoms with Crippen LogP contribution in [0, 0.1) is 24.7 Å². The van der Waals surface area contributed by atoms with E-state index in [0.717, 1.165) is 29.1 Å². The van der Waals surface area contributed by atoms with E-state index < -0.39 is 0 Å². The topological polar surface area (TPSA) is 76.3 Å². The molecule has 2 heterocycles. The van der Waals surface area contributed by atoms with Crippen LogP contribution in [0.25, 0.3) is 11.3 Å².